The number of hydrogen-bond donors (Lipinski definition) is 1. The highest BCUT2D eigenvalue weighted by atomic mass is 32.2. The van der Waals surface area contributed by atoms with Gasteiger partial charge in [-0.1, -0.05) is 78.5 Å². The van der Waals surface area contributed by atoms with Crippen LogP contribution in [0.15, 0.2) is 90.3 Å². The van der Waals surface area contributed by atoms with Gasteiger partial charge in [0.25, 0.3) is 0 Å². The van der Waals surface area contributed by atoms with Crippen molar-refractivity contribution in [3.8, 4) is 16.8 Å². The van der Waals surface area contributed by atoms with Crippen molar-refractivity contribution in [2.75, 3.05) is 5.75 Å². The molecule has 7 heteroatoms. The summed E-state index contributed by atoms with van der Waals surface area (Å²) < 4.78 is 15.6. The summed E-state index contributed by atoms with van der Waals surface area (Å²) >= 11 is 1.21. The van der Waals surface area contributed by atoms with Crippen LogP contribution in [-0.4, -0.2) is 26.4 Å². The largest absolute Gasteiger partial charge is 0.349 e. The Balaban J connectivity index is 1.36. The molecular weight excluding hydrogens is 411 g/mol. The molecule has 1 heterocycles. The van der Waals surface area contributed by atoms with Crippen molar-refractivity contribution in [2.24, 2.45) is 0 Å². The van der Waals surface area contributed by atoms with Crippen LogP contribution >= 0.6 is 11.8 Å². The van der Waals surface area contributed by atoms with Crippen LogP contribution in [0.2, 0.25) is 0 Å². The Labute approximate surface area is 184 Å². The van der Waals surface area contributed by atoms with E-state index in [9.17, 15) is 9.18 Å². The second-order valence-electron chi connectivity index (χ2n) is 7.00. The summed E-state index contributed by atoms with van der Waals surface area (Å²) in [6.45, 7) is 1.95. The van der Waals surface area contributed by atoms with Gasteiger partial charge in [-0.05, 0) is 35.7 Å². The molecule has 0 saturated carbocycles. The van der Waals surface area contributed by atoms with E-state index in [2.05, 4.69) is 39.8 Å². The highest BCUT2D eigenvalue weighted by Gasteiger charge is 2.14. The van der Waals surface area contributed by atoms with Gasteiger partial charge in [-0.15, -0.1) is 10.2 Å². The maximum Gasteiger partial charge on any atom is 0.230 e. The van der Waals surface area contributed by atoms with E-state index in [4.69, 9.17) is 0 Å². The Morgan fingerprint density at radius 2 is 1.68 bits per heavy atom. The fourth-order valence-corrected chi connectivity index (χ4v) is 3.96. The lowest BCUT2D eigenvalue weighted by Crippen LogP contribution is -2.28. The summed E-state index contributed by atoms with van der Waals surface area (Å²) in [7, 11) is 0. The van der Waals surface area contributed by atoms with E-state index in [1.807, 2.05) is 37.3 Å². The molecule has 1 amide bonds. The summed E-state index contributed by atoms with van der Waals surface area (Å²) in [4.78, 5) is 12.5. The maximum absolute atomic E-state index is 14.1. The van der Waals surface area contributed by atoms with Gasteiger partial charge in [0.15, 0.2) is 5.16 Å². The molecule has 1 unspecified atom stereocenters. The predicted molar refractivity (Wildman–Crippen MR) is 120 cm³/mol. The summed E-state index contributed by atoms with van der Waals surface area (Å²) in [6, 6.07) is 24.5. The predicted octanol–water partition coefficient (Wildman–Crippen LogP) is 5.04. The van der Waals surface area contributed by atoms with Crippen molar-refractivity contribution < 1.29 is 9.18 Å². The number of amides is 1. The molecule has 0 radical (unpaired) electrons. The molecule has 1 N–H and O–H groups in total. The third-order valence-electron chi connectivity index (χ3n) is 4.86. The molecular formula is C24H21FN4OS. The lowest BCUT2D eigenvalue weighted by molar-refractivity contribution is -0.119. The van der Waals surface area contributed by atoms with Crippen molar-refractivity contribution in [3.63, 3.8) is 0 Å². The second-order valence-corrected chi connectivity index (χ2v) is 7.94. The van der Waals surface area contributed by atoms with Crippen LogP contribution in [0, 0.1) is 5.82 Å². The lowest BCUT2D eigenvalue weighted by atomic mass is 10.0. The van der Waals surface area contributed by atoms with E-state index in [1.54, 1.807) is 22.8 Å². The first-order valence-corrected chi connectivity index (χ1v) is 10.8. The number of carbonyl (C=O) groups is 1. The van der Waals surface area contributed by atoms with E-state index in [0.717, 1.165) is 16.7 Å². The number of para-hydroxylation sites is 1. The zero-order valence-electron chi connectivity index (χ0n) is 16.9. The zero-order chi connectivity index (χ0) is 21.6. The maximum atomic E-state index is 14.1. The van der Waals surface area contributed by atoms with Gasteiger partial charge in [0.1, 0.15) is 12.1 Å². The molecule has 0 saturated heterocycles. The third-order valence-corrected chi connectivity index (χ3v) is 5.80. The first-order valence-electron chi connectivity index (χ1n) is 9.84. The highest BCUT2D eigenvalue weighted by molar-refractivity contribution is 7.99. The molecule has 0 aliphatic carbocycles. The number of benzene rings is 3. The first-order chi connectivity index (χ1) is 15.1. The number of nitrogens with zero attached hydrogens (tertiary/aromatic N) is 3. The van der Waals surface area contributed by atoms with E-state index >= 15 is 0 Å². The quantitative estimate of drug-likeness (QED) is 0.416. The van der Waals surface area contributed by atoms with E-state index < -0.39 is 0 Å². The van der Waals surface area contributed by atoms with Crippen LogP contribution in [0.5, 0.6) is 0 Å². The molecule has 1 aromatic heterocycles. The fourth-order valence-electron chi connectivity index (χ4n) is 3.23. The molecule has 0 bridgehead atoms. The Morgan fingerprint density at radius 1 is 1.00 bits per heavy atom. The number of rotatable bonds is 7. The molecule has 156 valence electrons. The van der Waals surface area contributed by atoms with Gasteiger partial charge in [0.2, 0.25) is 5.91 Å². The van der Waals surface area contributed by atoms with Crippen LogP contribution in [0.4, 0.5) is 4.39 Å². The van der Waals surface area contributed by atoms with E-state index in [1.165, 1.54) is 24.2 Å². The number of halogens is 1. The summed E-state index contributed by atoms with van der Waals surface area (Å²) in [5.74, 6) is -0.353. The smallest absolute Gasteiger partial charge is 0.230 e. The van der Waals surface area contributed by atoms with Gasteiger partial charge in [-0.2, -0.15) is 0 Å². The Morgan fingerprint density at radius 3 is 2.42 bits per heavy atom. The highest BCUT2D eigenvalue weighted by Crippen LogP contribution is 2.23. The molecule has 5 nitrogen and oxygen atoms in total. The van der Waals surface area contributed by atoms with Crippen molar-refractivity contribution in [1.29, 1.82) is 0 Å². The van der Waals surface area contributed by atoms with Gasteiger partial charge in [-0.25, -0.2) is 4.39 Å². The van der Waals surface area contributed by atoms with Gasteiger partial charge < -0.3 is 5.32 Å². The molecule has 0 aliphatic rings. The van der Waals surface area contributed by atoms with Crippen molar-refractivity contribution in [3.05, 3.63) is 96.6 Å². The van der Waals surface area contributed by atoms with Crippen molar-refractivity contribution in [1.82, 2.24) is 20.1 Å². The van der Waals surface area contributed by atoms with E-state index in [0.29, 0.717) is 10.8 Å². The second kappa shape index (κ2) is 9.57. The minimum absolute atomic E-state index is 0.132. The van der Waals surface area contributed by atoms with Gasteiger partial charge in [-0.3, -0.25) is 9.36 Å². The Bertz CT molecular complexity index is 1160. The standard InChI is InChI=1S/C24H21FN4OS/c1-17(18-11-13-20(14-12-18)19-7-3-2-4-8-19)27-23(30)15-31-24-28-26-16-29(24)22-10-6-5-9-21(22)25/h2-14,16-17H,15H2,1H3,(H,27,30). The summed E-state index contributed by atoms with van der Waals surface area (Å²) in [6.07, 6.45) is 1.44. The molecule has 0 spiro atoms. The van der Waals surface area contributed by atoms with Crippen molar-refractivity contribution in [2.45, 2.75) is 18.1 Å². The molecule has 4 aromatic rings. The molecule has 31 heavy (non-hydrogen) atoms. The van der Waals surface area contributed by atoms with Crippen LogP contribution in [0.3, 0.4) is 0 Å². The van der Waals surface area contributed by atoms with Crippen LogP contribution in [0.1, 0.15) is 18.5 Å². The minimum atomic E-state index is -0.374. The van der Waals surface area contributed by atoms with Crippen LogP contribution < -0.4 is 5.32 Å². The number of carbonyl (C=O) groups excluding carboxylic acids is 1. The lowest BCUT2D eigenvalue weighted by Gasteiger charge is -2.15. The SMILES string of the molecule is CC(NC(=O)CSc1nncn1-c1ccccc1F)c1ccc(-c2ccccc2)cc1. The third kappa shape index (κ3) is 5.00. The van der Waals surface area contributed by atoms with Crippen LogP contribution in [0.25, 0.3) is 16.8 Å². The molecule has 1 atom stereocenters. The average Bonchev–Trinajstić information content (AvgIpc) is 3.27. The Hall–Kier alpha value is -3.45. The summed E-state index contributed by atoms with van der Waals surface area (Å²) in [5, 5.41) is 11.3. The zero-order valence-corrected chi connectivity index (χ0v) is 17.7. The van der Waals surface area contributed by atoms with Gasteiger partial charge in [0.05, 0.1) is 17.5 Å². The van der Waals surface area contributed by atoms with Gasteiger partial charge >= 0.3 is 0 Å². The normalized spacial score (nSPS) is 11.8. The number of hydrogen-bond acceptors (Lipinski definition) is 4. The minimum Gasteiger partial charge on any atom is -0.349 e. The number of aromatic nitrogens is 3. The monoisotopic (exact) mass is 432 g/mol. The van der Waals surface area contributed by atoms with Gasteiger partial charge in [0, 0.05) is 0 Å². The number of nitrogens with one attached hydrogen (secondary N) is 1. The molecule has 0 fully saturated rings. The fraction of sp³-hybridized carbons (Fsp3) is 0.125. The van der Waals surface area contributed by atoms with E-state index in [-0.39, 0.29) is 23.5 Å². The average molecular weight is 433 g/mol. The molecule has 4 rings (SSSR count). The Kier molecular flexibility index (Phi) is 6.43. The number of thioether (sulfide) groups is 1. The van der Waals surface area contributed by atoms with Crippen LogP contribution in [-0.2, 0) is 4.79 Å². The summed E-state index contributed by atoms with van der Waals surface area (Å²) in [5.41, 5.74) is 3.65. The molecule has 3 aromatic carbocycles. The first kappa shape index (κ1) is 20.8. The molecule has 0 aliphatic heterocycles. The topological polar surface area (TPSA) is 59.8 Å². The van der Waals surface area contributed by atoms with Crippen molar-refractivity contribution >= 4 is 17.7 Å².